The summed E-state index contributed by atoms with van der Waals surface area (Å²) in [4.78, 5) is 9.60. The third kappa shape index (κ3) is 85.0. The number of hydrogen-bond donors (Lipinski definition) is 1. The van der Waals surface area contributed by atoms with Crippen molar-refractivity contribution in [3.63, 3.8) is 0 Å². The number of aliphatic carboxylic acids is 1. The predicted octanol–water partition coefficient (Wildman–Crippen LogP) is 2.48. The van der Waals surface area contributed by atoms with E-state index in [1.54, 1.807) is 0 Å². The average molecular weight is 381 g/mol. The van der Waals surface area contributed by atoms with E-state index in [-0.39, 0.29) is 119 Å². The van der Waals surface area contributed by atoms with E-state index in [2.05, 4.69) is 0 Å². The van der Waals surface area contributed by atoms with Gasteiger partial charge in [0, 0.05) is 28.1 Å². The van der Waals surface area contributed by atoms with Gasteiger partial charge >= 0.3 is 29.0 Å². The number of halogens is 6. The zero-order valence-electron chi connectivity index (χ0n) is 6.72. The van der Waals surface area contributed by atoms with Gasteiger partial charge in [-0.15, -0.1) is 74.4 Å². The van der Waals surface area contributed by atoms with Crippen LogP contribution in [0.25, 0.3) is 0 Å². The van der Waals surface area contributed by atoms with Crippen LogP contribution in [0, 0.1) is 0 Å². The van der Waals surface area contributed by atoms with Gasteiger partial charge in [-0.3, -0.25) is 4.79 Å². The van der Waals surface area contributed by atoms with Crippen LogP contribution in [0.1, 0.15) is 19.8 Å². The summed E-state index contributed by atoms with van der Waals surface area (Å²) >= 11 is 0. The molecule has 0 spiro atoms. The molecule has 0 unspecified atom stereocenters. The average Bonchev–Trinajstić information content (AvgIpc) is 1.35. The third-order valence-electron chi connectivity index (χ3n) is 0.464. The maximum absolute atomic E-state index is 9.60. The minimum absolute atomic E-state index is 0. The van der Waals surface area contributed by atoms with E-state index in [1.807, 2.05) is 6.92 Å². The van der Waals surface area contributed by atoms with Crippen LogP contribution < -0.4 is 0 Å². The minimum atomic E-state index is -0.711. The molecule has 92 valence electrons. The summed E-state index contributed by atoms with van der Waals surface area (Å²) in [6.07, 6.45) is 1.02. The van der Waals surface area contributed by atoms with Gasteiger partial charge in [-0.2, -0.15) is 0 Å². The molecule has 0 heterocycles. The molecule has 0 saturated carbocycles. The van der Waals surface area contributed by atoms with E-state index in [1.165, 1.54) is 0 Å². The Morgan fingerprint density at radius 2 is 1.21 bits per heavy atom. The quantitative estimate of drug-likeness (QED) is 0.747. The van der Waals surface area contributed by atoms with Crippen molar-refractivity contribution >= 4 is 103 Å². The monoisotopic (exact) mass is 378 g/mol. The number of carboxylic acid groups (broad SMARTS) is 1. The molecule has 0 aliphatic rings. The van der Waals surface area contributed by atoms with Crippen molar-refractivity contribution in [3.05, 3.63) is 0 Å². The van der Waals surface area contributed by atoms with Crippen molar-refractivity contribution < 1.29 is 31.6 Å². The molecule has 0 aromatic rings. The van der Waals surface area contributed by atoms with Crippen molar-refractivity contribution in [1.82, 2.24) is 0 Å². The standard InChI is InChI=1S/C4H8O2.6ClH.Mg.Ti.2H/c1-2-3-4(5)6;;;;;;;;;;/h2-3H2,1H3,(H,5,6);6*1H;;;;. The van der Waals surface area contributed by atoms with Crippen LogP contribution in [0.4, 0.5) is 0 Å². The summed E-state index contributed by atoms with van der Waals surface area (Å²) in [5.41, 5.74) is 0. The Labute approximate surface area is 153 Å². The van der Waals surface area contributed by atoms with Gasteiger partial charge in [0.1, 0.15) is 0 Å². The van der Waals surface area contributed by atoms with Crippen LogP contribution in [0.3, 0.4) is 0 Å². The van der Waals surface area contributed by atoms with Crippen LogP contribution in [-0.2, 0) is 26.5 Å². The second-order valence-corrected chi connectivity index (χ2v) is 1.14. The molecule has 0 saturated heterocycles. The molecular formula is C4H16Cl6MgO2Ti. The summed E-state index contributed by atoms with van der Waals surface area (Å²) in [7, 11) is 0. The molecule has 14 heavy (non-hydrogen) atoms. The van der Waals surface area contributed by atoms with E-state index < -0.39 is 5.97 Å². The van der Waals surface area contributed by atoms with Gasteiger partial charge in [0.2, 0.25) is 0 Å². The first-order chi connectivity index (χ1) is 2.77. The Morgan fingerprint density at radius 3 is 1.21 bits per heavy atom. The van der Waals surface area contributed by atoms with Crippen LogP contribution in [0.2, 0.25) is 0 Å². The molecule has 0 aromatic carbocycles. The Balaban J connectivity index is -0.00000000446. The molecule has 0 aliphatic carbocycles. The van der Waals surface area contributed by atoms with Crippen LogP contribution in [-0.4, -0.2) is 34.1 Å². The molecule has 0 atom stereocenters. The van der Waals surface area contributed by atoms with Crippen LogP contribution in [0.15, 0.2) is 0 Å². The zero-order valence-corrected chi connectivity index (χ0v) is 13.2. The summed E-state index contributed by atoms with van der Waals surface area (Å²) < 4.78 is 0. The molecule has 0 aromatic heterocycles. The van der Waals surface area contributed by atoms with E-state index in [0.717, 1.165) is 6.42 Å². The van der Waals surface area contributed by atoms with Crippen LogP contribution in [0.5, 0.6) is 0 Å². The first kappa shape index (κ1) is 69.5. The SMILES string of the molecule is CCCC(=O)O.Cl.Cl.Cl.Cl.Cl.Cl.[MgH2].[Ti]. The zero-order chi connectivity index (χ0) is 4.99. The van der Waals surface area contributed by atoms with Gasteiger partial charge in [-0.1, -0.05) is 6.92 Å². The fraction of sp³-hybridized carbons (Fsp3) is 0.750. The maximum atomic E-state index is 9.60. The van der Waals surface area contributed by atoms with Crippen molar-refractivity contribution in [2.75, 3.05) is 0 Å². The Kier molecular flexibility index (Phi) is 284. The maximum Gasteiger partial charge on any atom is 0.316 e. The van der Waals surface area contributed by atoms with E-state index in [4.69, 9.17) is 5.11 Å². The van der Waals surface area contributed by atoms with E-state index >= 15 is 0 Å². The number of carboxylic acids is 1. The smallest absolute Gasteiger partial charge is 0.316 e. The number of rotatable bonds is 2. The van der Waals surface area contributed by atoms with E-state index in [9.17, 15) is 4.79 Å². The molecular weight excluding hydrogens is 365 g/mol. The first-order valence-corrected chi connectivity index (χ1v) is 1.99. The molecule has 2 nitrogen and oxygen atoms in total. The molecule has 0 radical (unpaired) electrons. The van der Waals surface area contributed by atoms with Crippen LogP contribution >= 0.6 is 74.4 Å². The van der Waals surface area contributed by atoms with Gasteiger partial charge < -0.3 is 5.11 Å². The molecule has 0 bridgehead atoms. The Morgan fingerprint density at radius 1 is 1.00 bits per heavy atom. The fourth-order valence-electron chi connectivity index (χ4n) is 0.214. The molecule has 0 fully saturated rings. The normalized spacial score (nSPS) is 3.50. The Bertz CT molecular complexity index is 71.8. The Hall–Kier alpha value is 2.69. The minimum Gasteiger partial charge on any atom is -0.481 e. The second-order valence-electron chi connectivity index (χ2n) is 1.14. The molecule has 0 rings (SSSR count). The summed E-state index contributed by atoms with van der Waals surface area (Å²) in [5.74, 6) is -0.711. The molecule has 0 amide bonds. The second kappa shape index (κ2) is 57.3. The largest absolute Gasteiger partial charge is 0.481 e. The van der Waals surface area contributed by atoms with Gasteiger partial charge in [-0.05, 0) is 6.42 Å². The summed E-state index contributed by atoms with van der Waals surface area (Å²) in [6.45, 7) is 1.84. The predicted molar refractivity (Wildman–Crippen MR) is 74.6 cm³/mol. The molecule has 0 aliphatic heterocycles. The summed E-state index contributed by atoms with van der Waals surface area (Å²) in [5, 5.41) is 7.91. The molecule has 1 N–H and O–H groups in total. The van der Waals surface area contributed by atoms with Crippen molar-refractivity contribution in [3.8, 4) is 0 Å². The van der Waals surface area contributed by atoms with E-state index in [0.29, 0.717) is 6.42 Å². The van der Waals surface area contributed by atoms with Gasteiger partial charge in [0.05, 0.1) is 0 Å². The fourth-order valence-corrected chi connectivity index (χ4v) is 0.214. The van der Waals surface area contributed by atoms with Gasteiger partial charge in [0.25, 0.3) is 0 Å². The van der Waals surface area contributed by atoms with Crippen molar-refractivity contribution in [1.29, 1.82) is 0 Å². The topological polar surface area (TPSA) is 37.3 Å². The van der Waals surface area contributed by atoms with Gasteiger partial charge in [-0.25, -0.2) is 0 Å². The summed E-state index contributed by atoms with van der Waals surface area (Å²) in [6, 6.07) is 0. The van der Waals surface area contributed by atoms with Crippen molar-refractivity contribution in [2.45, 2.75) is 19.8 Å². The van der Waals surface area contributed by atoms with Gasteiger partial charge in [0.15, 0.2) is 0 Å². The van der Waals surface area contributed by atoms with Crippen molar-refractivity contribution in [2.24, 2.45) is 0 Å². The number of hydrogen-bond acceptors (Lipinski definition) is 1. The third-order valence-corrected chi connectivity index (χ3v) is 0.464. The number of carbonyl (C=O) groups is 1. The molecule has 10 heteroatoms. The first-order valence-electron chi connectivity index (χ1n) is 1.99.